The lowest BCUT2D eigenvalue weighted by molar-refractivity contribution is 0.102. The van der Waals surface area contributed by atoms with E-state index in [1.54, 1.807) is 7.11 Å². The fourth-order valence-electron chi connectivity index (χ4n) is 7.25. The van der Waals surface area contributed by atoms with Crippen LogP contribution in [-0.2, 0) is 24.8 Å². The van der Waals surface area contributed by atoms with Crippen LogP contribution in [0.15, 0.2) is 30.3 Å². The lowest BCUT2D eigenvalue weighted by atomic mass is 10.1. The zero-order chi connectivity index (χ0) is 30.4. The van der Waals surface area contributed by atoms with Gasteiger partial charge in [-0.15, -0.1) is 0 Å². The average molecular weight is 599 g/mol. The highest BCUT2D eigenvalue weighted by atomic mass is 16.5. The standard InChI is InChI=1S/C33H42N8O3/c1-5-26-30-28-14-23(12-20(2)35-28)31(42)37-33-36-27-9-8-25(40-11-10-34-24(17-40)19-43-4)15-29(27)41(33)16-21-6-7-22(13-21)18-44-32(30)39(3)38-26/h8-9,12,14-15,21-22,24,34H,5-7,10-11,13,16-19H2,1-4H3,(H,36,37,42)/t21-,22+,24-/m1/s1. The van der Waals surface area contributed by atoms with Crippen LogP contribution in [0.4, 0.5) is 11.6 Å². The number of aryl methyl sites for hydroxylation is 3. The number of amides is 1. The normalized spacial score (nSPS) is 22.1. The predicted molar refractivity (Wildman–Crippen MR) is 170 cm³/mol. The number of piperazine rings is 1. The number of benzene rings is 1. The average Bonchev–Trinajstić information content (AvgIpc) is 3.70. The number of methoxy groups -OCH3 is 1. The second kappa shape index (κ2) is 11.9. The summed E-state index contributed by atoms with van der Waals surface area (Å²) in [5, 5.41) is 11.5. The fraction of sp³-hybridized carbons (Fsp3) is 0.515. The maximum atomic E-state index is 13.9. The summed E-state index contributed by atoms with van der Waals surface area (Å²) in [6, 6.07) is 10.4. The zero-order valence-electron chi connectivity index (χ0n) is 26.1. The van der Waals surface area contributed by atoms with Gasteiger partial charge in [0.15, 0.2) is 0 Å². The number of rotatable bonds is 4. The van der Waals surface area contributed by atoms with E-state index >= 15 is 0 Å². The van der Waals surface area contributed by atoms with E-state index in [-0.39, 0.29) is 11.9 Å². The Kier molecular flexibility index (Phi) is 7.75. The molecule has 3 atom stereocenters. The number of aromatic nitrogens is 5. The van der Waals surface area contributed by atoms with Crippen LogP contribution >= 0.6 is 0 Å². The van der Waals surface area contributed by atoms with Crippen LogP contribution in [0.3, 0.4) is 0 Å². The highest BCUT2D eigenvalue weighted by Gasteiger charge is 2.30. The van der Waals surface area contributed by atoms with Crippen molar-refractivity contribution in [3.8, 4) is 17.1 Å². The Hall–Kier alpha value is -3.96. The van der Waals surface area contributed by atoms with Gasteiger partial charge in [-0.3, -0.25) is 15.1 Å². The van der Waals surface area contributed by atoms with Crippen LogP contribution in [0.25, 0.3) is 22.3 Å². The first-order chi connectivity index (χ1) is 21.4. The molecule has 232 valence electrons. The lowest BCUT2D eigenvalue weighted by Gasteiger charge is -2.35. The number of carbonyl (C=O) groups is 1. The van der Waals surface area contributed by atoms with Gasteiger partial charge < -0.3 is 24.3 Å². The third kappa shape index (κ3) is 5.43. The number of nitrogens with one attached hydrogen (secondary N) is 2. The van der Waals surface area contributed by atoms with Gasteiger partial charge in [0.1, 0.15) is 0 Å². The van der Waals surface area contributed by atoms with Gasteiger partial charge in [0.25, 0.3) is 5.91 Å². The summed E-state index contributed by atoms with van der Waals surface area (Å²) in [6.45, 7) is 8.81. The molecule has 0 spiro atoms. The minimum atomic E-state index is -0.207. The lowest BCUT2D eigenvalue weighted by Crippen LogP contribution is -2.52. The molecule has 1 amide bonds. The first-order valence-electron chi connectivity index (χ1n) is 15.9. The van der Waals surface area contributed by atoms with Crippen molar-refractivity contribution in [2.24, 2.45) is 18.9 Å². The zero-order valence-corrected chi connectivity index (χ0v) is 26.1. The number of carbonyl (C=O) groups excluding carboxylic acids is 1. The third-order valence-electron chi connectivity index (χ3n) is 9.37. The Bertz CT molecular complexity index is 1690. The molecule has 11 heteroatoms. The number of pyridine rings is 1. The number of anilines is 2. The summed E-state index contributed by atoms with van der Waals surface area (Å²) in [5.74, 6) is 2.00. The molecule has 5 heterocycles. The van der Waals surface area contributed by atoms with Crippen molar-refractivity contribution >= 4 is 28.6 Å². The molecule has 2 aliphatic heterocycles. The van der Waals surface area contributed by atoms with Gasteiger partial charge in [0.2, 0.25) is 11.8 Å². The number of imidazole rings is 1. The van der Waals surface area contributed by atoms with Crippen molar-refractivity contribution in [1.82, 2.24) is 29.6 Å². The summed E-state index contributed by atoms with van der Waals surface area (Å²) in [5.41, 5.74) is 6.87. The monoisotopic (exact) mass is 598 g/mol. The van der Waals surface area contributed by atoms with Gasteiger partial charge in [-0.1, -0.05) is 6.92 Å². The van der Waals surface area contributed by atoms with Crippen molar-refractivity contribution < 1.29 is 14.3 Å². The molecule has 3 aromatic heterocycles. The molecule has 0 radical (unpaired) electrons. The van der Waals surface area contributed by atoms with E-state index in [9.17, 15) is 4.79 Å². The van der Waals surface area contributed by atoms with Crippen LogP contribution in [0.2, 0.25) is 0 Å². The highest BCUT2D eigenvalue weighted by molar-refractivity contribution is 6.05. The largest absolute Gasteiger partial charge is 0.477 e. The maximum absolute atomic E-state index is 13.9. The molecule has 2 fully saturated rings. The van der Waals surface area contributed by atoms with Gasteiger partial charge >= 0.3 is 0 Å². The molecule has 7 rings (SSSR count). The van der Waals surface area contributed by atoms with Crippen molar-refractivity contribution in [2.45, 2.75) is 52.1 Å². The first kappa shape index (κ1) is 28.8. The van der Waals surface area contributed by atoms with E-state index < -0.39 is 0 Å². The Balaban J connectivity index is 1.30. The molecule has 2 N–H and O–H groups in total. The summed E-state index contributed by atoms with van der Waals surface area (Å²) in [4.78, 5) is 26.1. The van der Waals surface area contributed by atoms with E-state index in [2.05, 4.69) is 45.2 Å². The number of hydrogen-bond donors (Lipinski definition) is 2. The number of hydrogen-bond acceptors (Lipinski definition) is 8. The molecule has 44 heavy (non-hydrogen) atoms. The quantitative estimate of drug-likeness (QED) is 0.360. The third-order valence-corrected chi connectivity index (χ3v) is 9.37. The fourth-order valence-corrected chi connectivity index (χ4v) is 7.25. The van der Waals surface area contributed by atoms with Crippen molar-refractivity contribution in [1.29, 1.82) is 0 Å². The molecule has 4 bridgehead atoms. The minimum Gasteiger partial charge on any atom is -0.477 e. The SMILES string of the molecule is CCc1nn(C)c2c1-c1cc(cc(C)n1)C(=O)Nc1nc3ccc(N4CCN[C@@H](COC)C4)cc3n1C[C@@H]1CC[C@H](CO2)C1. The van der Waals surface area contributed by atoms with Crippen LogP contribution in [0.1, 0.15) is 47.9 Å². The summed E-state index contributed by atoms with van der Waals surface area (Å²) in [6.07, 6.45) is 4.01. The van der Waals surface area contributed by atoms with Gasteiger partial charge in [-0.25, -0.2) is 9.67 Å². The van der Waals surface area contributed by atoms with E-state index in [0.29, 0.717) is 42.3 Å². The van der Waals surface area contributed by atoms with E-state index in [1.165, 1.54) is 0 Å². The number of nitrogens with zero attached hydrogens (tertiary/aromatic N) is 6. The molecule has 0 unspecified atom stereocenters. The summed E-state index contributed by atoms with van der Waals surface area (Å²) < 4.78 is 16.0. The first-order valence-corrected chi connectivity index (χ1v) is 15.9. The molecular formula is C33H42N8O3. The van der Waals surface area contributed by atoms with Crippen LogP contribution in [0.5, 0.6) is 5.88 Å². The molecule has 1 aromatic carbocycles. The van der Waals surface area contributed by atoms with Crippen LogP contribution in [-0.4, -0.2) is 76.2 Å². The Morgan fingerprint density at radius 3 is 2.82 bits per heavy atom. The molecule has 1 aliphatic carbocycles. The van der Waals surface area contributed by atoms with Crippen LogP contribution < -0.4 is 20.3 Å². The molecule has 1 saturated heterocycles. The molecule has 3 aliphatic rings. The Morgan fingerprint density at radius 1 is 1.11 bits per heavy atom. The second-order valence-corrected chi connectivity index (χ2v) is 12.6. The van der Waals surface area contributed by atoms with Crippen molar-refractivity contribution in [3.63, 3.8) is 0 Å². The van der Waals surface area contributed by atoms with Gasteiger partial charge in [0, 0.05) is 63.3 Å². The summed E-state index contributed by atoms with van der Waals surface area (Å²) >= 11 is 0. The Labute approximate surface area is 257 Å². The molecule has 4 aromatic rings. The smallest absolute Gasteiger partial charge is 0.258 e. The maximum Gasteiger partial charge on any atom is 0.258 e. The van der Waals surface area contributed by atoms with Gasteiger partial charge in [0.05, 0.1) is 41.2 Å². The van der Waals surface area contributed by atoms with E-state index in [1.807, 2.05) is 30.8 Å². The molecular weight excluding hydrogens is 556 g/mol. The van der Waals surface area contributed by atoms with E-state index in [0.717, 1.165) is 91.4 Å². The van der Waals surface area contributed by atoms with Gasteiger partial charge in [-0.05, 0) is 74.8 Å². The van der Waals surface area contributed by atoms with E-state index in [4.69, 9.17) is 24.5 Å². The molecule has 11 nitrogen and oxygen atoms in total. The molecule has 1 saturated carbocycles. The summed E-state index contributed by atoms with van der Waals surface area (Å²) in [7, 11) is 3.67. The number of fused-ring (bicyclic) bond motifs is 9. The highest BCUT2D eigenvalue weighted by Crippen LogP contribution is 2.38. The Morgan fingerprint density at radius 2 is 1.98 bits per heavy atom. The van der Waals surface area contributed by atoms with Gasteiger partial charge in [-0.2, -0.15) is 5.10 Å². The van der Waals surface area contributed by atoms with Crippen molar-refractivity contribution in [3.05, 3.63) is 47.3 Å². The second-order valence-electron chi connectivity index (χ2n) is 12.6. The topological polar surface area (TPSA) is 111 Å². The van der Waals surface area contributed by atoms with Crippen molar-refractivity contribution in [2.75, 3.05) is 50.2 Å². The predicted octanol–water partition coefficient (Wildman–Crippen LogP) is 4.19. The van der Waals surface area contributed by atoms with Crippen LogP contribution in [0, 0.1) is 18.8 Å². The number of ether oxygens (including phenoxy) is 2. The minimum absolute atomic E-state index is 0.207.